The smallest absolute Gasteiger partial charge is 0.294 e. The molecule has 0 bridgehead atoms. The van der Waals surface area contributed by atoms with Gasteiger partial charge in [0.05, 0.1) is 35.4 Å². The summed E-state index contributed by atoms with van der Waals surface area (Å²) in [7, 11) is 1.57. The van der Waals surface area contributed by atoms with E-state index in [1.807, 2.05) is 13.0 Å². The number of amides is 3. The molecule has 0 atom stereocenters. The van der Waals surface area contributed by atoms with Gasteiger partial charge in [-0.15, -0.1) is 0 Å². The van der Waals surface area contributed by atoms with Crippen molar-refractivity contribution in [2.45, 2.75) is 6.92 Å². The molecule has 156 valence electrons. The molecule has 1 aromatic rings. The van der Waals surface area contributed by atoms with Crippen LogP contribution >= 0.6 is 34.4 Å². The quantitative estimate of drug-likeness (QED) is 0.412. The van der Waals surface area contributed by atoms with Crippen LogP contribution in [0.5, 0.6) is 11.5 Å². The molecule has 8 nitrogen and oxygen atoms in total. The molecule has 29 heavy (non-hydrogen) atoms. The number of nitrogens with zero attached hydrogens (tertiary/aromatic N) is 2. The summed E-state index contributed by atoms with van der Waals surface area (Å²) < 4.78 is 17.0. The van der Waals surface area contributed by atoms with E-state index >= 15 is 0 Å². The predicted octanol–water partition coefficient (Wildman–Crippen LogP) is 2.59. The van der Waals surface area contributed by atoms with Crippen molar-refractivity contribution in [3.05, 3.63) is 26.2 Å². The van der Waals surface area contributed by atoms with E-state index in [1.165, 1.54) is 0 Å². The van der Waals surface area contributed by atoms with E-state index in [-0.39, 0.29) is 17.4 Å². The molecule has 1 aromatic carbocycles. The third-order valence-electron chi connectivity index (χ3n) is 4.36. The Morgan fingerprint density at radius 3 is 2.69 bits per heavy atom. The Hall–Kier alpha value is -1.79. The van der Waals surface area contributed by atoms with Gasteiger partial charge >= 0.3 is 0 Å². The van der Waals surface area contributed by atoms with Gasteiger partial charge in [-0.05, 0) is 65.0 Å². The van der Waals surface area contributed by atoms with Gasteiger partial charge in [-0.25, -0.2) is 0 Å². The minimum Gasteiger partial charge on any atom is -0.492 e. The minimum atomic E-state index is -0.467. The molecule has 10 heteroatoms. The maximum atomic E-state index is 12.7. The Morgan fingerprint density at radius 2 is 2.03 bits per heavy atom. The Labute approximate surface area is 186 Å². The molecule has 0 unspecified atom stereocenters. The van der Waals surface area contributed by atoms with Gasteiger partial charge < -0.3 is 19.1 Å². The van der Waals surface area contributed by atoms with Crippen LogP contribution in [0.15, 0.2) is 17.0 Å². The number of halogens is 1. The zero-order chi connectivity index (χ0) is 21.0. The van der Waals surface area contributed by atoms with E-state index in [0.717, 1.165) is 20.2 Å². The first kappa shape index (κ1) is 21.9. The molecule has 2 aliphatic heterocycles. The van der Waals surface area contributed by atoms with Crippen LogP contribution in [0.25, 0.3) is 6.08 Å². The van der Waals surface area contributed by atoms with Crippen LogP contribution in [0.2, 0.25) is 0 Å². The summed E-state index contributed by atoms with van der Waals surface area (Å²) in [5.41, 5.74) is 0.712. The van der Waals surface area contributed by atoms with Gasteiger partial charge in [0.1, 0.15) is 6.54 Å². The Bertz CT molecular complexity index is 853. The second-order valence-electron chi connectivity index (χ2n) is 6.23. The van der Waals surface area contributed by atoms with Gasteiger partial charge in [0.2, 0.25) is 5.91 Å². The molecule has 3 rings (SSSR count). The minimum absolute atomic E-state index is 0.255. The summed E-state index contributed by atoms with van der Waals surface area (Å²) in [6.45, 7) is 3.95. The molecule has 0 N–H and O–H groups in total. The molecular weight excluding hydrogens is 511 g/mol. The van der Waals surface area contributed by atoms with Crippen molar-refractivity contribution >= 4 is 57.5 Å². The summed E-state index contributed by atoms with van der Waals surface area (Å²) in [5.74, 6) is 0.462. The number of rotatable bonds is 6. The molecule has 0 saturated carbocycles. The number of thioether (sulfide) groups is 1. The molecule has 2 saturated heterocycles. The highest BCUT2D eigenvalue weighted by molar-refractivity contribution is 14.1. The number of methoxy groups -OCH3 is 1. The Kier molecular flexibility index (Phi) is 7.41. The van der Waals surface area contributed by atoms with E-state index < -0.39 is 11.1 Å². The standard InChI is InChI=1S/C19H21IN2O6S/c1-3-28-14-9-12(8-13(20)17(14)26-2)10-15-18(24)22(19(25)29-15)11-16(23)21-4-6-27-7-5-21/h8-10H,3-7,11H2,1-2H3/b15-10-. The highest BCUT2D eigenvalue weighted by Crippen LogP contribution is 2.37. The van der Waals surface area contributed by atoms with E-state index in [9.17, 15) is 14.4 Å². The first-order valence-electron chi connectivity index (χ1n) is 9.05. The van der Waals surface area contributed by atoms with Crippen LogP contribution in [0.1, 0.15) is 12.5 Å². The molecule has 2 fully saturated rings. The van der Waals surface area contributed by atoms with Crippen LogP contribution in [-0.4, -0.2) is 73.4 Å². The summed E-state index contributed by atoms with van der Waals surface area (Å²) in [5, 5.41) is -0.448. The number of hydrogen-bond acceptors (Lipinski definition) is 7. The summed E-state index contributed by atoms with van der Waals surface area (Å²) in [6, 6.07) is 3.60. The van der Waals surface area contributed by atoms with Gasteiger partial charge in [-0.3, -0.25) is 19.3 Å². The van der Waals surface area contributed by atoms with Crippen molar-refractivity contribution in [2.24, 2.45) is 0 Å². The monoisotopic (exact) mass is 532 g/mol. The maximum Gasteiger partial charge on any atom is 0.294 e. The molecule has 0 spiro atoms. The maximum absolute atomic E-state index is 12.7. The number of carbonyl (C=O) groups is 3. The van der Waals surface area contributed by atoms with Crippen molar-refractivity contribution in [3.63, 3.8) is 0 Å². The molecule has 0 aliphatic carbocycles. The SMILES string of the molecule is CCOc1cc(/C=C2\SC(=O)N(CC(=O)N3CCOCC3)C2=O)cc(I)c1OC. The van der Waals surface area contributed by atoms with Crippen LogP contribution in [0, 0.1) is 3.57 Å². The number of imide groups is 1. The molecule has 2 aliphatic rings. The van der Waals surface area contributed by atoms with Crippen LogP contribution < -0.4 is 9.47 Å². The van der Waals surface area contributed by atoms with E-state index in [1.54, 1.807) is 24.2 Å². The summed E-state index contributed by atoms with van der Waals surface area (Å²) in [4.78, 5) is 40.3. The highest BCUT2D eigenvalue weighted by Gasteiger charge is 2.37. The first-order chi connectivity index (χ1) is 13.9. The fraction of sp³-hybridized carbons (Fsp3) is 0.421. The van der Waals surface area contributed by atoms with Gasteiger partial charge in [-0.2, -0.15) is 0 Å². The predicted molar refractivity (Wildman–Crippen MR) is 117 cm³/mol. The Morgan fingerprint density at radius 1 is 1.31 bits per heavy atom. The molecule has 0 radical (unpaired) electrons. The van der Waals surface area contributed by atoms with E-state index in [4.69, 9.17) is 14.2 Å². The number of morpholine rings is 1. The van der Waals surface area contributed by atoms with E-state index in [0.29, 0.717) is 50.0 Å². The first-order valence-corrected chi connectivity index (χ1v) is 10.9. The molecule has 2 heterocycles. The van der Waals surface area contributed by atoms with Gasteiger partial charge in [0, 0.05) is 13.1 Å². The highest BCUT2D eigenvalue weighted by atomic mass is 127. The van der Waals surface area contributed by atoms with Crippen LogP contribution in [-0.2, 0) is 14.3 Å². The summed E-state index contributed by atoms with van der Waals surface area (Å²) >= 11 is 2.96. The van der Waals surface area contributed by atoms with E-state index in [2.05, 4.69) is 22.6 Å². The normalized spacial score (nSPS) is 18.5. The lowest BCUT2D eigenvalue weighted by atomic mass is 10.2. The number of benzene rings is 1. The number of ether oxygens (including phenoxy) is 3. The van der Waals surface area contributed by atoms with Gasteiger partial charge in [0.25, 0.3) is 11.1 Å². The van der Waals surface area contributed by atoms with Crippen molar-refractivity contribution < 1.29 is 28.6 Å². The third-order valence-corrected chi connectivity index (χ3v) is 6.07. The molecule has 3 amide bonds. The van der Waals surface area contributed by atoms with Crippen molar-refractivity contribution in [1.29, 1.82) is 0 Å². The van der Waals surface area contributed by atoms with Crippen molar-refractivity contribution in [3.8, 4) is 11.5 Å². The van der Waals surface area contributed by atoms with Gasteiger partial charge in [-0.1, -0.05) is 0 Å². The molecule has 0 aromatic heterocycles. The average Bonchev–Trinajstić information content (AvgIpc) is 2.96. The Balaban J connectivity index is 1.78. The van der Waals surface area contributed by atoms with Crippen LogP contribution in [0.3, 0.4) is 0 Å². The van der Waals surface area contributed by atoms with Crippen molar-refractivity contribution in [2.75, 3.05) is 46.6 Å². The number of hydrogen-bond donors (Lipinski definition) is 0. The third kappa shape index (κ3) is 5.04. The second-order valence-corrected chi connectivity index (χ2v) is 8.38. The number of carbonyl (C=O) groups excluding carboxylic acids is 3. The average molecular weight is 532 g/mol. The second kappa shape index (κ2) is 9.81. The molecular formula is C19H21IN2O6S. The lowest BCUT2D eigenvalue weighted by Crippen LogP contribution is -2.46. The lowest BCUT2D eigenvalue weighted by Gasteiger charge is -2.28. The zero-order valence-electron chi connectivity index (χ0n) is 16.1. The summed E-state index contributed by atoms with van der Waals surface area (Å²) in [6.07, 6.45) is 1.63. The lowest BCUT2D eigenvalue weighted by molar-refractivity contribution is -0.139. The van der Waals surface area contributed by atoms with Crippen LogP contribution in [0.4, 0.5) is 4.79 Å². The van der Waals surface area contributed by atoms with Gasteiger partial charge in [0.15, 0.2) is 11.5 Å². The fourth-order valence-electron chi connectivity index (χ4n) is 2.97. The topological polar surface area (TPSA) is 85.4 Å². The largest absolute Gasteiger partial charge is 0.492 e. The fourth-order valence-corrected chi connectivity index (χ4v) is 4.65. The van der Waals surface area contributed by atoms with Crippen molar-refractivity contribution in [1.82, 2.24) is 9.80 Å². The zero-order valence-corrected chi connectivity index (χ0v) is 19.1.